The Labute approximate surface area is 91.0 Å². The summed E-state index contributed by atoms with van der Waals surface area (Å²) in [5.41, 5.74) is 6.24. The van der Waals surface area contributed by atoms with E-state index in [-0.39, 0.29) is 5.56 Å². The summed E-state index contributed by atoms with van der Waals surface area (Å²) in [7, 11) is 0. The number of halogens is 2. The lowest BCUT2D eigenvalue weighted by atomic mass is 10.0. The fourth-order valence-corrected chi connectivity index (χ4v) is 1.38. The molecule has 0 radical (unpaired) electrons. The van der Waals surface area contributed by atoms with Crippen molar-refractivity contribution in [3.05, 3.63) is 59.7 Å². The van der Waals surface area contributed by atoms with Crippen LogP contribution in [0.5, 0.6) is 0 Å². The average molecular weight is 221 g/mol. The number of aromatic nitrogens is 2. The van der Waals surface area contributed by atoms with Crippen LogP contribution in [0.15, 0.2) is 36.8 Å². The van der Waals surface area contributed by atoms with Crippen LogP contribution in [0.2, 0.25) is 0 Å². The quantitative estimate of drug-likeness (QED) is 0.841. The first-order valence-corrected chi connectivity index (χ1v) is 4.65. The van der Waals surface area contributed by atoms with Gasteiger partial charge in [0.2, 0.25) is 0 Å². The Hall–Kier alpha value is -1.88. The van der Waals surface area contributed by atoms with E-state index in [1.54, 1.807) is 0 Å². The van der Waals surface area contributed by atoms with Crippen LogP contribution in [-0.2, 0) is 0 Å². The summed E-state index contributed by atoms with van der Waals surface area (Å²) >= 11 is 0. The first-order valence-electron chi connectivity index (χ1n) is 4.65. The summed E-state index contributed by atoms with van der Waals surface area (Å²) in [6.45, 7) is 0. The molecule has 0 saturated heterocycles. The smallest absolute Gasteiger partial charge is 0.128 e. The first-order chi connectivity index (χ1) is 7.68. The van der Waals surface area contributed by atoms with Crippen molar-refractivity contribution in [1.29, 1.82) is 0 Å². The SMILES string of the molecule is NC(c1cnccn1)c1cc(F)ccc1F. The highest BCUT2D eigenvalue weighted by Gasteiger charge is 2.15. The Morgan fingerprint density at radius 3 is 2.69 bits per heavy atom. The summed E-state index contributed by atoms with van der Waals surface area (Å²) in [6.07, 6.45) is 4.36. The van der Waals surface area contributed by atoms with Crippen molar-refractivity contribution in [3.8, 4) is 0 Å². The Morgan fingerprint density at radius 1 is 1.19 bits per heavy atom. The van der Waals surface area contributed by atoms with Crippen LogP contribution >= 0.6 is 0 Å². The highest BCUT2D eigenvalue weighted by Crippen LogP contribution is 2.20. The van der Waals surface area contributed by atoms with Crippen molar-refractivity contribution in [2.24, 2.45) is 5.73 Å². The molecule has 0 aliphatic rings. The van der Waals surface area contributed by atoms with Gasteiger partial charge in [0.05, 0.1) is 17.9 Å². The van der Waals surface area contributed by atoms with Crippen LogP contribution in [0.25, 0.3) is 0 Å². The van der Waals surface area contributed by atoms with E-state index in [1.807, 2.05) is 0 Å². The maximum atomic E-state index is 13.4. The number of hydrogen-bond acceptors (Lipinski definition) is 3. The van der Waals surface area contributed by atoms with E-state index in [4.69, 9.17) is 5.73 Å². The molecule has 2 N–H and O–H groups in total. The summed E-state index contributed by atoms with van der Waals surface area (Å²) in [5.74, 6) is -1.09. The number of benzene rings is 1. The van der Waals surface area contributed by atoms with E-state index in [0.29, 0.717) is 5.69 Å². The van der Waals surface area contributed by atoms with Crippen molar-refractivity contribution in [1.82, 2.24) is 9.97 Å². The monoisotopic (exact) mass is 221 g/mol. The first kappa shape index (κ1) is 10.6. The van der Waals surface area contributed by atoms with Gasteiger partial charge in [-0.25, -0.2) is 8.78 Å². The second kappa shape index (κ2) is 4.32. The molecular formula is C11H9F2N3. The van der Waals surface area contributed by atoms with Crippen LogP contribution in [0.4, 0.5) is 8.78 Å². The van der Waals surface area contributed by atoms with Crippen LogP contribution in [0.3, 0.4) is 0 Å². The minimum Gasteiger partial charge on any atom is -0.319 e. The van der Waals surface area contributed by atoms with Gasteiger partial charge in [-0.05, 0) is 18.2 Å². The maximum absolute atomic E-state index is 13.4. The molecule has 1 aromatic carbocycles. The predicted octanol–water partition coefficient (Wildman–Crippen LogP) is 1.80. The average Bonchev–Trinajstić information content (AvgIpc) is 2.32. The van der Waals surface area contributed by atoms with Crippen LogP contribution in [0.1, 0.15) is 17.3 Å². The van der Waals surface area contributed by atoms with Gasteiger partial charge in [-0.3, -0.25) is 9.97 Å². The van der Waals surface area contributed by atoms with Crippen molar-refractivity contribution >= 4 is 0 Å². The molecule has 82 valence electrons. The zero-order valence-electron chi connectivity index (χ0n) is 8.27. The molecule has 2 rings (SSSR count). The normalized spacial score (nSPS) is 12.4. The van der Waals surface area contributed by atoms with Gasteiger partial charge in [-0.15, -0.1) is 0 Å². The Morgan fingerprint density at radius 2 is 2.00 bits per heavy atom. The Kier molecular flexibility index (Phi) is 2.87. The zero-order chi connectivity index (χ0) is 11.5. The van der Waals surface area contributed by atoms with Gasteiger partial charge < -0.3 is 5.73 Å². The van der Waals surface area contributed by atoms with Crippen molar-refractivity contribution in [3.63, 3.8) is 0 Å². The van der Waals surface area contributed by atoms with Crippen LogP contribution in [0, 0.1) is 11.6 Å². The molecule has 5 heteroatoms. The predicted molar refractivity (Wildman–Crippen MR) is 54.4 cm³/mol. The number of hydrogen-bond donors (Lipinski definition) is 1. The van der Waals surface area contributed by atoms with Crippen molar-refractivity contribution in [2.45, 2.75) is 6.04 Å². The lowest BCUT2D eigenvalue weighted by Crippen LogP contribution is -2.15. The molecule has 0 aliphatic carbocycles. The third-order valence-corrected chi connectivity index (χ3v) is 2.19. The summed E-state index contributed by atoms with van der Waals surface area (Å²) < 4.78 is 26.4. The highest BCUT2D eigenvalue weighted by molar-refractivity contribution is 5.27. The molecule has 0 fully saturated rings. The summed E-state index contributed by atoms with van der Waals surface area (Å²) in [4.78, 5) is 7.77. The third kappa shape index (κ3) is 2.04. The molecule has 1 aromatic heterocycles. The van der Waals surface area contributed by atoms with E-state index >= 15 is 0 Å². The summed E-state index contributed by atoms with van der Waals surface area (Å²) in [6, 6.07) is 2.34. The molecule has 0 aliphatic heterocycles. The molecule has 0 amide bonds. The minimum absolute atomic E-state index is 0.0699. The number of nitrogens with zero attached hydrogens (tertiary/aromatic N) is 2. The highest BCUT2D eigenvalue weighted by atomic mass is 19.1. The third-order valence-electron chi connectivity index (χ3n) is 2.19. The number of nitrogens with two attached hydrogens (primary N) is 1. The molecule has 0 bridgehead atoms. The molecule has 2 aromatic rings. The van der Waals surface area contributed by atoms with Gasteiger partial charge in [0.25, 0.3) is 0 Å². The van der Waals surface area contributed by atoms with Crippen molar-refractivity contribution < 1.29 is 8.78 Å². The second-order valence-electron chi connectivity index (χ2n) is 3.27. The topological polar surface area (TPSA) is 51.8 Å². The van der Waals surface area contributed by atoms with Crippen LogP contribution < -0.4 is 5.73 Å². The molecule has 1 unspecified atom stereocenters. The molecule has 3 nitrogen and oxygen atoms in total. The molecule has 16 heavy (non-hydrogen) atoms. The van der Waals surface area contributed by atoms with Gasteiger partial charge in [-0.1, -0.05) is 0 Å². The largest absolute Gasteiger partial charge is 0.319 e. The second-order valence-corrected chi connectivity index (χ2v) is 3.27. The van der Waals surface area contributed by atoms with Gasteiger partial charge in [0, 0.05) is 18.0 Å². The zero-order valence-corrected chi connectivity index (χ0v) is 8.27. The van der Waals surface area contributed by atoms with Gasteiger partial charge >= 0.3 is 0 Å². The molecule has 0 spiro atoms. The van der Waals surface area contributed by atoms with E-state index in [2.05, 4.69) is 9.97 Å². The molecule has 1 heterocycles. The minimum atomic E-state index is -0.815. The maximum Gasteiger partial charge on any atom is 0.128 e. The van der Waals surface area contributed by atoms with Gasteiger partial charge in [0.1, 0.15) is 11.6 Å². The molecule has 1 atom stereocenters. The van der Waals surface area contributed by atoms with Gasteiger partial charge in [-0.2, -0.15) is 0 Å². The molecular weight excluding hydrogens is 212 g/mol. The number of rotatable bonds is 2. The van der Waals surface area contributed by atoms with E-state index in [9.17, 15) is 8.78 Å². The fourth-order valence-electron chi connectivity index (χ4n) is 1.38. The van der Waals surface area contributed by atoms with E-state index in [0.717, 1.165) is 18.2 Å². The Bertz CT molecular complexity index is 488. The van der Waals surface area contributed by atoms with Crippen molar-refractivity contribution in [2.75, 3.05) is 0 Å². The van der Waals surface area contributed by atoms with E-state index < -0.39 is 17.7 Å². The molecule has 0 saturated carbocycles. The lowest BCUT2D eigenvalue weighted by Gasteiger charge is -2.11. The Balaban J connectivity index is 2.41. The van der Waals surface area contributed by atoms with Crippen LogP contribution in [-0.4, -0.2) is 9.97 Å². The summed E-state index contributed by atoms with van der Waals surface area (Å²) in [5, 5.41) is 0. The van der Waals surface area contributed by atoms with E-state index in [1.165, 1.54) is 18.6 Å². The fraction of sp³-hybridized carbons (Fsp3) is 0.0909. The van der Waals surface area contributed by atoms with Gasteiger partial charge in [0.15, 0.2) is 0 Å². The lowest BCUT2D eigenvalue weighted by molar-refractivity contribution is 0.574. The standard InChI is InChI=1S/C11H9F2N3/c12-7-1-2-9(13)8(5-7)11(14)10-6-15-3-4-16-10/h1-6,11H,14H2.